The molecule has 0 unspecified atom stereocenters. The molecule has 0 atom stereocenters. The Morgan fingerprint density at radius 1 is 0.800 bits per heavy atom. The van der Waals surface area contributed by atoms with E-state index in [0.717, 1.165) is 0 Å². The standard InChI is InChI=1S/4HI.In/h4*1H;/q;;;;+3/p-4. The molecule has 0 rings (SSSR count). The van der Waals surface area contributed by atoms with Crippen molar-refractivity contribution >= 4 is 75.9 Å². The number of hydrogen-bond acceptors (Lipinski definition) is 0. The van der Waals surface area contributed by atoms with Crippen LogP contribution >= 0.6 is 72.5 Å². The fraction of sp³-hybridized carbons (Fsp3) is 0. The maximum absolute atomic E-state index is 2.56. The van der Waals surface area contributed by atoms with E-state index in [4.69, 9.17) is 0 Å². The van der Waals surface area contributed by atoms with Crippen LogP contribution in [0.25, 0.3) is 0 Å². The average molecular weight is 622 g/mol. The van der Waals surface area contributed by atoms with Gasteiger partial charge in [-0.15, -0.1) is 0 Å². The van der Waals surface area contributed by atoms with Gasteiger partial charge < -0.3 is 0 Å². The van der Waals surface area contributed by atoms with Crippen LogP contribution in [-0.2, 0) is 0 Å². The second kappa shape index (κ2) is 3.75. The van der Waals surface area contributed by atoms with Gasteiger partial charge in [0.2, 0.25) is 0 Å². The summed E-state index contributed by atoms with van der Waals surface area (Å²) in [5, 5.41) is 0. The molecule has 0 aromatic rings. The van der Waals surface area contributed by atoms with E-state index in [1.165, 1.54) is 0 Å². The fourth-order valence-electron chi connectivity index (χ4n) is 0. The third-order valence-corrected chi connectivity index (χ3v) is 0. The first kappa shape index (κ1) is 8.79. The summed E-state index contributed by atoms with van der Waals surface area (Å²) in [5.74, 6) is 0. The van der Waals surface area contributed by atoms with E-state index < -0.39 is 3.35 Å². The molecule has 0 fully saturated rings. The molecule has 0 amide bonds. The van der Waals surface area contributed by atoms with Gasteiger partial charge in [0.25, 0.3) is 0 Å². The fourth-order valence-corrected chi connectivity index (χ4v) is 0. The Labute approximate surface area is 73.0 Å². The first-order valence-electron chi connectivity index (χ1n) is 0.873. The summed E-state index contributed by atoms with van der Waals surface area (Å²) in [6.45, 7) is 0. The van der Waals surface area contributed by atoms with Gasteiger partial charge in [-0.2, -0.15) is 0 Å². The summed E-state index contributed by atoms with van der Waals surface area (Å²) in [6, 6.07) is 0. The van der Waals surface area contributed by atoms with Crippen molar-refractivity contribution in [1.82, 2.24) is 0 Å². The van der Waals surface area contributed by atoms with E-state index in [0.29, 0.717) is 0 Å². The third-order valence-electron chi connectivity index (χ3n) is 0. The van der Waals surface area contributed by atoms with Crippen LogP contribution in [-0.4, -0.2) is 3.35 Å². The Bertz CT molecular complexity index is 19.1. The zero-order valence-electron chi connectivity index (χ0n) is 2.09. The summed E-state index contributed by atoms with van der Waals surface area (Å²) >= 11 is 10.2. The minimum absolute atomic E-state index is 1.38. The molecule has 0 heterocycles. The molecule has 0 aliphatic heterocycles. The molecule has 5 heteroatoms. The van der Waals surface area contributed by atoms with E-state index in [9.17, 15) is 0 Å². The second-order valence-corrected chi connectivity index (χ2v) is 149. The minimum atomic E-state index is -1.38. The van der Waals surface area contributed by atoms with Crippen LogP contribution in [0, 0.1) is 0 Å². The summed E-state index contributed by atoms with van der Waals surface area (Å²) in [5.41, 5.74) is 0. The monoisotopic (exact) mass is 623 g/mol. The van der Waals surface area contributed by atoms with Crippen LogP contribution in [0.1, 0.15) is 0 Å². The zero-order chi connectivity index (χ0) is 4.50. The SMILES string of the molecule is [I][In-]([I])([I])[I]. The van der Waals surface area contributed by atoms with Gasteiger partial charge in [-0.3, -0.25) is 0 Å². The second-order valence-electron chi connectivity index (χ2n) is 0.495. The molecule has 5 heavy (non-hydrogen) atoms. The van der Waals surface area contributed by atoms with Crippen molar-refractivity contribution in [1.29, 1.82) is 0 Å². The van der Waals surface area contributed by atoms with Gasteiger partial charge in [0.1, 0.15) is 0 Å². The summed E-state index contributed by atoms with van der Waals surface area (Å²) in [6.07, 6.45) is 0. The molecule has 0 aromatic carbocycles. The van der Waals surface area contributed by atoms with Crippen molar-refractivity contribution < 1.29 is 0 Å². The van der Waals surface area contributed by atoms with Crippen molar-refractivity contribution in [2.45, 2.75) is 0 Å². The Hall–Kier alpha value is 3.79. The summed E-state index contributed by atoms with van der Waals surface area (Å²) in [4.78, 5) is 0. The van der Waals surface area contributed by atoms with Crippen LogP contribution in [0.3, 0.4) is 0 Å². The maximum atomic E-state index is 2.56. The molecule has 0 saturated heterocycles. The summed E-state index contributed by atoms with van der Waals surface area (Å²) < 4.78 is -1.38. The molecule has 0 N–H and O–H groups in total. The van der Waals surface area contributed by atoms with E-state index in [2.05, 4.69) is 72.5 Å². The Morgan fingerprint density at radius 2 is 0.800 bits per heavy atom. The molecular formula is I4In-. The Kier molecular flexibility index (Phi) is 6.59. The van der Waals surface area contributed by atoms with Gasteiger partial charge in [-0.25, -0.2) is 0 Å². The van der Waals surface area contributed by atoms with Gasteiger partial charge in [-0.05, 0) is 0 Å². The normalized spacial score (nSPS) is 12.0. The number of rotatable bonds is 0. The Balaban J connectivity index is 3.02. The Morgan fingerprint density at radius 3 is 0.800 bits per heavy atom. The molecule has 0 spiro atoms. The van der Waals surface area contributed by atoms with E-state index in [1.54, 1.807) is 0 Å². The summed E-state index contributed by atoms with van der Waals surface area (Å²) in [7, 11) is 0. The van der Waals surface area contributed by atoms with Crippen molar-refractivity contribution in [2.24, 2.45) is 0 Å². The third kappa shape index (κ3) is 18.2. The van der Waals surface area contributed by atoms with E-state index in [-0.39, 0.29) is 0 Å². The van der Waals surface area contributed by atoms with Gasteiger partial charge in [-0.1, -0.05) is 0 Å². The van der Waals surface area contributed by atoms with Crippen LogP contribution in [0.2, 0.25) is 0 Å². The molecule has 0 nitrogen and oxygen atoms in total. The predicted octanol–water partition coefficient (Wildman–Crippen LogP) is 3.16. The van der Waals surface area contributed by atoms with Crippen LogP contribution in [0.4, 0.5) is 0 Å². The molecular weight excluding hydrogens is 622 g/mol. The van der Waals surface area contributed by atoms with Crippen molar-refractivity contribution in [2.75, 3.05) is 0 Å². The number of halogens is 4. The van der Waals surface area contributed by atoms with Crippen molar-refractivity contribution in [3.05, 3.63) is 0 Å². The van der Waals surface area contributed by atoms with Crippen molar-refractivity contribution in [3.8, 4) is 0 Å². The predicted molar refractivity (Wildman–Crippen MR) is 61.8 cm³/mol. The quantitative estimate of drug-likeness (QED) is 0.365. The molecule has 32 valence electrons. The van der Waals surface area contributed by atoms with Gasteiger partial charge in [0.05, 0.1) is 0 Å². The van der Waals surface area contributed by atoms with E-state index >= 15 is 0 Å². The first-order chi connectivity index (χ1) is 2.00. The number of hydrogen-bond donors (Lipinski definition) is 0. The van der Waals surface area contributed by atoms with Gasteiger partial charge in [0.15, 0.2) is 0 Å². The molecule has 0 saturated carbocycles. The molecule has 0 aromatic heterocycles. The average Bonchev–Trinajstić information content (AvgIpc) is 0.722. The molecule has 0 aliphatic carbocycles. The van der Waals surface area contributed by atoms with E-state index in [1.807, 2.05) is 0 Å². The molecule has 0 radical (unpaired) electrons. The van der Waals surface area contributed by atoms with Gasteiger partial charge in [0, 0.05) is 0 Å². The molecule has 0 aliphatic rings. The zero-order valence-corrected chi connectivity index (χ0v) is 14.0. The topological polar surface area (TPSA) is 0 Å². The molecule has 0 bridgehead atoms. The van der Waals surface area contributed by atoms with Gasteiger partial charge >= 0.3 is 75.9 Å². The van der Waals surface area contributed by atoms with Crippen LogP contribution in [0.15, 0.2) is 0 Å². The van der Waals surface area contributed by atoms with Crippen LogP contribution in [0.5, 0.6) is 0 Å². The first-order valence-corrected chi connectivity index (χ1v) is 39.3. The van der Waals surface area contributed by atoms with Crippen LogP contribution < -0.4 is 0 Å². The van der Waals surface area contributed by atoms with Crippen molar-refractivity contribution in [3.63, 3.8) is 0 Å².